The number of carbonyl (C=O) groups is 2. The minimum Gasteiger partial charge on any atom is -0.481 e. The van der Waals surface area contributed by atoms with Crippen LogP contribution in [-0.4, -0.2) is 22.2 Å². The first-order valence-electron chi connectivity index (χ1n) is 17.6. The molecule has 0 bridgehead atoms. The molecule has 1 aliphatic carbocycles. The number of rotatable bonds is 28. The van der Waals surface area contributed by atoms with E-state index < -0.39 is 11.9 Å². The molecule has 234 valence electrons. The summed E-state index contributed by atoms with van der Waals surface area (Å²) in [5.74, 6) is 1.82. The highest BCUT2D eigenvalue weighted by atomic mass is 16.4. The topological polar surface area (TPSA) is 74.6 Å². The molecule has 2 N–H and O–H groups in total. The van der Waals surface area contributed by atoms with Crippen LogP contribution in [0.5, 0.6) is 0 Å². The summed E-state index contributed by atoms with van der Waals surface area (Å²) in [4.78, 5) is 21.5. The van der Waals surface area contributed by atoms with Gasteiger partial charge in [0, 0.05) is 12.8 Å². The Kier molecular flexibility index (Phi) is 23.3. The third kappa shape index (κ3) is 18.9. The summed E-state index contributed by atoms with van der Waals surface area (Å²) in [7, 11) is 0. The molecule has 0 amide bonds. The van der Waals surface area contributed by atoms with Gasteiger partial charge in [0.1, 0.15) is 0 Å². The van der Waals surface area contributed by atoms with Gasteiger partial charge in [0.15, 0.2) is 0 Å². The molecule has 0 saturated heterocycles. The molecule has 0 saturated carbocycles. The SMILES string of the molecule is CCCCCCC1C=CC(CCCCCCCCCC(=O)O)C(CCCCCCCC(=O)O)C1CCCCCC. The van der Waals surface area contributed by atoms with E-state index in [-0.39, 0.29) is 0 Å². The second-order valence-corrected chi connectivity index (χ2v) is 12.8. The van der Waals surface area contributed by atoms with E-state index >= 15 is 0 Å². The highest BCUT2D eigenvalue weighted by Crippen LogP contribution is 2.44. The van der Waals surface area contributed by atoms with Gasteiger partial charge < -0.3 is 10.2 Å². The second kappa shape index (κ2) is 25.4. The summed E-state index contributed by atoms with van der Waals surface area (Å²) >= 11 is 0. The van der Waals surface area contributed by atoms with Crippen LogP contribution in [0, 0.1) is 23.7 Å². The summed E-state index contributed by atoms with van der Waals surface area (Å²) in [5, 5.41) is 17.7. The van der Waals surface area contributed by atoms with Gasteiger partial charge in [0.25, 0.3) is 0 Å². The van der Waals surface area contributed by atoms with E-state index in [2.05, 4.69) is 26.0 Å². The number of unbranched alkanes of at least 4 members (excludes halogenated alkanes) is 16. The van der Waals surface area contributed by atoms with Gasteiger partial charge in [0.05, 0.1) is 0 Å². The van der Waals surface area contributed by atoms with Crippen LogP contribution in [0.25, 0.3) is 0 Å². The van der Waals surface area contributed by atoms with Gasteiger partial charge in [-0.2, -0.15) is 0 Å². The molecule has 0 aliphatic heterocycles. The lowest BCUT2D eigenvalue weighted by Crippen LogP contribution is -2.32. The third-order valence-electron chi connectivity index (χ3n) is 9.39. The van der Waals surface area contributed by atoms with Crippen LogP contribution in [0.4, 0.5) is 0 Å². The Morgan fingerprint density at radius 2 is 0.750 bits per heavy atom. The zero-order valence-electron chi connectivity index (χ0n) is 26.6. The maximum atomic E-state index is 10.8. The lowest BCUT2D eigenvalue weighted by Gasteiger charge is -2.41. The number of allylic oxidation sites excluding steroid dienone is 2. The van der Waals surface area contributed by atoms with Crippen LogP contribution >= 0.6 is 0 Å². The van der Waals surface area contributed by atoms with Crippen molar-refractivity contribution >= 4 is 11.9 Å². The molecule has 1 aliphatic rings. The molecular formula is C36H66O4. The van der Waals surface area contributed by atoms with E-state index in [9.17, 15) is 9.59 Å². The van der Waals surface area contributed by atoms with Gasteiger partial charge in [-0.25, -0.2) is 0 Å². The first-order chi connectivity index (χ1) is 19.5. The molecular weight excluding hydrogens is 496 g/mol. The molecule has 0 spiro atoms. The highest BCUT2D eigenvalue weighted by molar-refractivity contribution is 5.66. The lowest BCUT2D eigenvalue weighted by molar-refractivity contribution is -0.138. The van der Waals surface area contributed by atoms with Gasteiger partial charge >= 0.3 is 11.9 Å². The monoisotopic (exact) mass is 562 g/mol. The average molecular weight is 563 g/mol. The van der Waals surface area contributed by atoms with Crippen molar-refractivity contribution < 1.29 is 19.8 Å². The smallest absolute Gasteiger partial charge is 0.303 e. The van der Waals surface area contributed by atoms with Gasteiger partial charge in [-0.3, -0.25) is 9.59 Å². The Bertz CT molecular complexity index is 643. The Morgan fingerprint density at radius 1 is 0.450 bits per heavy atom. The molecule has 0 aromatic rings. The maximum Gasteiger partial charge on any atom is 0.303 e. The number of carboxylic acid groups (broad SMARTS) is 2. The van der Waals surface area contributed by atoms with Gasteiger partial charge in [0.2, 0.25) is 0 Å². The number of aliphatic carboxylic acids is 2. The number of hydrogen-bond acceptors (Lipinski definition) is 2. The molecule has 4 atom stereocenters. The van der Waals surface area contributed by atoms with Gasteiger partial charge in [-0.05, 0) is 62.2 Å². The maximum absolute atomic E-state index is 10.8. The van der Waals surface area contributed by atoms with E-state index in [4.69, 9.17) is 10.2 Å². The summed E-state index contributed by atoms with van der Waals surface area (Å²) < 4.78 is 0. The third-order valence-corrected chi connectivity index (χ3v) is 9.39. The summed E-state index contributed by atoms with van der Waals surface area (Å²) in [6, 6.07) is 0. The number of carboxylic acids is 2. The first-order valence-corrected chi connectivity index (χ1v) is 17.6. The molecule has 0 radical (unpaired) electrons. The molecule has 4 nitrogen and oxygen atoms in total. The van der Waals surface area contributed by atoms with Crippen LogP contribution in [0.3, 0.4) is 0 Å². The summed E-state index contributed by atoms with van der Waals surface area (Å²) in [5.41, 5.74) is 0. The van der Waals surface area contributed by atoms with E-state index in [1.54, 1.807) is 0 Å². The van der Waals surface area contributed by atoms with Crippen molar-refractivity contribution in [2.24, 2.45) is 23.7 Å². The first kappa shape index (κ1) is 36.7. The Morgan fingerprint density at radius 3 is 1.10 bits per heavy atom. The van der Waals surface area contributed by atoms with Crippen molar-refractivity contribution in [3.05, 3.63) is 12.2 Å². The number of hydrogen-bond donors (Lipinski definition) is 2. The van der Waals surface area contributed by atoms with Crippen molar-refractivity contribution in [1.29, 1.82) is 0 Å². The van der Waals surface area contributed by atoms with E-state index in [0.29, 0.717) is 12.8 Å². The quantitative estimate of drug-likeness (QED) is 0.0734. The van der Waals surface area contributed by atoms with Gasteiger partial charge in [-0.15, -0.1) is 0 Å². The molecule has 1 rings (SSSR count). The van der Waals surface area contributed by atoms with Crippen molar-refractivity contribution in [3.8, 4) is 0 Å². The minimum atomic E-state index is -0.667. The average Bonchev–Trinajstić information content (AvgIpc) is 2.93. The van der Waals surface area contributed by atoms with Crippen molar-refractivity contribution in [2.45, 2.75) is 181 Å². The van der Waals surface area contributed by atoms with Crippen LogP contribution in [0.1, 0.15) is 181 Å². The lowest BCUT2D eigenvalue weighted by atomic mass is 9.64. The fourth-order valence-electron chi connectivity index (χ4n) is 7.02. The van der Waals surface area contributed by atoms with Crippen molar-refractivity contribution in [1.82, 2.24) is 0 Å². The molecule has 4 unspecified atom stereocenters. The van der Waals surface area contributed by atoms with Crippen LogP contribution in [0.2, 0.25) is 0 Å². The standard InChI is InChI=1S/C36H66O4/c1-3-5-7-17-23-31-29-30-32(24-18-13-10-9-11-15-21-27-35(37)38)34(33(31)25-19-8-6-4-2)26-20-14-12-16-22-28-36(39)40/h29-34H,3-28H2,1-2H3,(H,37,38)(H,39,40). The van der Waals surface area contributed by atoms with E-state index in [1.807, 2.05) is 0 Å². The predicted molar refractivity (Wildman–Crippen MR) is 170 cm³/mol. The fourth-order valence-corrected chi connectivity index (χ4v) is 7.02. The molecule has 0 fully saturated rings. The second-order valence-electron chi connectivity index (χ2n) is 12.8. The predicted octanol–water partition coefficient (Wildman–Crippen LogP) is 11.4. The fraction of sp³-hybridized carbons (Fsp3) is 0.889. The zero-order valence-corrected chi connectivity index (χ0v) is 26.6. The van der Waals surface area contributed by atoms with Gasteiger partial charge in [-0.1, -0.05) is 142 Å². The molecule has 40 heavy (non-hydrogen) atoms. The summed E-state index contributed by atoms with van der Waals surface area (Å²) in [6.45, 7) is 4.62. The summed E-state index contributed by atoms with van der Waals surface area (Å²) in [6.07, 6.45) is 36.0. The Labute approximate surface area is 248 Å². The Balaban J connectivity index is 2.66. The molecule has 0 aromatic carbocycles. The van der Waals surface area contributed by atoms with Crippen LogP contribution in [-0.2, 0) is 9.59 Å². The van der Waals surface area contributed by atoms with Crippen molar-refractivity contribution in [3.63, 3.8) is 0 Å². The van der Waals surface area contributed by atoms with Crippen molar-refractivity contribution in [2.75, 3.05) is 0 Å². The zero-order chi connectivity index (χ0) is 29.3. The molecule has 0 aromatic heterocycles. The largest absolute Gasteiger partial charge is 0.481 e. The minimum absolute atomic E-state index is 0.316. The highest BCUT2D eigenvalue weighted by Gasteiger charge is 2.34. The van der Waals surface area contributed by atoms with E-state index in [0.717, 1.165) is 49.4 Å². The molecule has 4 heteroatoms. The van der Waals surface area contributed by atoms with Crippen LogP contribution < -0.4 is 0 Å². The van der Waals surface area contributed by atoms with Crippen LogP contribution in [0.15, 0.2) is 12.2 Å². The molecule has 0 heterocycles. The Hall–Kier alpha value is -1.32. The normalized spacial score (nSPS) is 20.6. The van der Waals surface area contributed by atoms with E-state index in [1.165, 1.54) is 128 Å².